The Bertz CT molecular complexity index is 1090. The Hall–Kier alpha value is -3.89. The minimum Gasteiger partial charge on any atom is -0.497 e. The molecule has 1 fully saturated rings. The van der Waals surface area contributed by atoms with Gasteiger partial charge in [-0.1, -0.05) is 0 Å². The number of methoxy groups -OCH3 is 1. The summed E-state index contributed by atoms with van der Waals surface area (Å²) in [6, 6.07) is 7.56. The standard InChI is InChI=1S/C21H27N9O2/c1-4-22-21(29-9-10-30(19(31)14-29)16-11-24-28(2)13-16)23-12-18-25-20(27-26-18)15-5-7-17(32-3)8-6-15/h5-8,11,13H,4,9-10,12,14H2,1-3H3,(H,22,23)(H,25,26,27). The molecule has 0 radical (unpaired) electrons. The zero-order chi connectivity index (χ0) is 22.5. The van der Waals surface area contributed by atoms with Gasteiger partial charge in [0.15, 0.2) is 11.8 Å². The smallest absolute Gasteiger partial charge is 0.246 e. The Morgan fingerprint density at radius 2 is 2.09 bits per heavy atom. The summed E-state index contributed by atoms with van der Waals surface area (Å²) in [6.07, 6.45) is 3.55. The molecule has 168 valence electrons. The Labute approximate surface area is 186 Å². The Kier molecular flexibility index (Phi) is 6.34. The Morgan fingerprint density at radius 1 is 1.28 bits per heavy atom. The number of aromatic nitrogens is 5. The molecule has 0 bridgehead atoms. The zero-order valence-corrected chi connectivity index (χ0v) is 18.4. The normalized spacial score (nSPS) is 14.7. The summed E-state index contributed by atoms with van der Waals surface area (Å²) in [5.74, 6) is 2.71. The van der Waals surface area contributed by atoms with Crippen LogP contribution < -0.4 is 15.0 Å². The molecule has 0 atom stereocenters. The molecule has 0 spiro atoms. The number of anilines is 1. The van der Waals surface area contributed by atoms with Crippen molar-refractivity contribution < 1.29 is 9.53 Å². The summed E-state index contributed by atoms with van der Waals surface area (Å²) in [6.45, 7) is 4.50. The first-order valence-electron chi connectivity index (χ1n) is 10.5. The molecule has 4 rings (SSSR count). The number of rotatable bonds is 6. The zero-order valence-electron chi connectivity index (χ0n) is 18.4. The molecular formula is C21H27N9O2. The fourth-order valence-corrected chi connectivity index (χ4v) is 3.49. The summed E-state index contributed by atoms with van der Waals surface area (Å²) in [5, 5.41) is 14.7. The van der Waals surface area contributed by atoms with Gasteiger partial charge in [0.25, 0.3) is 0 Å². The number of hydrogen-bond acceptors (Lipinski definition) is 6. The van der Waals surface area contributed by atoms with Crippen molar-refractivity contribution in [1.29, 1.82) is 0 Å². The van der Waals surface area contributed by atoms with Gasteiger partial charge in [0.2, 0.25) is 5.91 Å². The average Bonchev–Trinajstić information content (AvgIpc) is 3.46. The van der Waals surface area contributed by atoms with Crippen molar-refractivity contribution in [2.75, 3.05) is 38.2 Å². The van der Waals surface area contributed by atoms with E-state index < -0.39 is 0 Å². The van der Waals surface area contributed by atoms with Crippen LogP contribution in [0, 0.1) is 0 Å². The molecule has 1 aromatic carbocycles. The first kappa shape index (κ1) is 21.3. The van der Waals surface area contributed by atoms with E-state index in [0.29, 0.717) is 43.8 Å². The molecule has 1 aliphatic rings. The lowest BCUT2D eigenvalue weighted by Crippen LogP contribution is -2.55. The van der Waals surface area contributed by atoms with Crippen molar-refractivity contribution in [3.63, 3.8) is 0 Å². The van der Waals surface area contributed by atoms with E-state index in [1.165, 1.54) is 0 Å². The molecule has 1 amide bonds. The Balaban J connectivity index is 1.42. The molecule has 0 saturated carbocycles. The fraction of sp³-hybridized carbons (Fsp3) is 0.381. The number of piperazine rings is 1. The molecule has 0 unspecified atom stereocenters. The van der Waals surface area contributed by atoms with Crippen molar-refractivity contribution in [2.24, 2.45) is 12.0 Å². The number of aromatic amines is 1. The number of nitrogens with zero attached hydrogens (tertiary/aromatic N) is 7. The minimum atomic E-state index is 0.0105. The van der Waals surface area contributed by atoms with E-state index in [9.17, 15) is 4.79 Å². The van der Waals surface area contributed by atoms with Crippen LogP contribution in [0.3, 0.4) is 0 Å². The van der Waals surface area contributed by atoms with Crippen LogP contribution in [-0.4, -0.2) is 75.0 Å². The van der Waals surface area contributed by atoms with Crippen LogP contribution in [0.4, 0.5) is 5.69 Å². The molecule has 11 nitrogen and oxygen atoms in total. The monoisotopic (exact) mass is 437 g/mol. The molecule has 2 aromatic heterocycles. The highest BCUT2D eigenvalue weighted by Crippen LogP contribution is 2.19. The number of benzene rings is 1. The number of H-pyrrole nitrogens is 1. The quantitative estimate of drug-likeness (QED) is 0.437. The fourth-order valence-electron chi connectivity index (χ4n) is 3.49. The van der Waals surface area contributed by atoms with Crippen LogP contribution in [-0.2, 0) is 18.4 Å². The summed E-state index contributed by atoms with van der Waals surface area (Å²) < 4.78 is 6.88. The van der Waals surface area contributed by atoms with Crippen LogP contribution in [0.5, 0.6) is 5.75 Å². The number of aliphatic imine (C=N–C) groups is 1. The number of aryl methyl sites for hydroxylation is 1. The van der Waals surface area contributed by atoms with Gasteiger partial charge >= 0.3 is 0 Å². The van der Waals surface area contributed by atoms with E-state index in [-0.39, 0.29) is 12.5 Å². The van der Waals surface area contributed by atoms with Crippen molar-refractivity contribution in [3.05, 3.63) is 42.5 Å². The lowest BCUT2D eigenvalue weighted by atomic mass is 10.2. The third-order valence-corrected chi connectivity index (χ3v) is 5.12. The Morgan fingerprint density at radius 3 is 2.75 bits per heavy atom. The second-order valence-corrected chi connectivity index (χ2v) is 7.34. The van der Waals surface area contributed by atoms with Gasteiger partial charge in [0.1, 0.15) is 24.7 Å². The van der Waals surface area contributed by atoms with Crippen LogP contribution in [0.25, 0.3) is 11.4 Å². The van der Waals surface area contributed by atoms with Gasteiger partial charge in [-0.25, -0.2) is 9.98 Å². The number of guanidine groups is 1. The number of carbonyl (C=O) groups excluding carboxylic acids is 1. The number of nitrogens with one attached hydrogen (secondary N) is 2. The number of carbonyl (C=O) groups is 1. The molecule has 1 aliphatic heterocycles. The van der Waals surface area contributed by atoms with Crippen LogP contribution in [0.2, 0.25) is 0 Å². The maximum absolute atomic E-state index is 12.7. The first-order chi connectivity index (χ1) is 15.6. The van der Waals surface area contributed by atoms with Crippen molar-refractivity contribution in [1.82, 2.24) is 35.2 Å². The van der Waals surface area contributed by atoms with Gasteiger partial charge < -0.3 is 19.9 Å². The molecule has 32 heavy (non-hydrogen) atoms. The van der Waals surface area contributed by atoms with E-state index in [2.05, 4.69) is 30.6 Å². The molecule has 11 heteroatoms. The molecule has 3 aromatic rings. The van der Waals surface area contributed by atoms with E-state index in [4.69, 9.17) is 4.74 Å². The van der Waals surface area contributed by atoms with Gasteiger partial charge in [0, 0.05) is 38.4 Å². The molecule has 0 aliphatic carbocycles. The largest absolute Gasteiger partial charge is 0.497 e. The predicted molar refractivity (Wildman–Crippen MR) is 120 cm³/mol. The molecular weight excluding hydrogens is 410 g/mol. The summed E-state index contributed by atoms with van der Waals surface area (Å²) in [4.78, 5) is 25.6. The van der Waals surface area contributed by atoms with Crippen molar-refractivity contribution >= 4 is 17.6 Å². The number of amides is 1. The minimum absolute atomic E-state index is 0.0105. The van der Waals surface area contributed by atoms with Gasteiger partial charge in [-0.2, -0.15) is 10.2 Å². The number of ether oxygens (including phenoxy) is 1. The first-order valence-corrected chi connectivity index (χ1v) is 10.5. The van der Waals surface area contributed by atoms with Crippen LogP contribution >= 0.6 is 0 Å². The third kappa shape index (κ3) is 4.71. The second kappa shape index (κ2) is 9.50. The lowest BCUT2D eigenvalue weighted by Gasteiger charge is -2.35. The van der Waals surface area contributed by atoms with E-state index in [1.54, 1.807) is 22.9 Å². The predicted octanol–water partition coefficient (Wildman–Crippen LogP) is 1.03. The van der Waals surface area contributed by atoms with E-state index >= 15 is 0 Å². The van der Waals surface area contributed by atoms with Gasteiger partial charge in [0.05, 0.1) is 19.0 Å². The van der Waals surface area contributed by atoms with E-state index in [0.717, 1.165) is 17.0 Å². The maximum Gasteiger partial charge on any atom is 0.246 e. The average molecular weight is 438 g/mol. The molecule has 3 heterocycles. The lowest BCUT2D eigenvalue weighted by molar-refractivity contribution is -0.120. The second-order valence-electron chi connectivity index (χ2n) is 7.34. The highest BCUT2D eigenvalue weighted by molar-refractivity contribution is 5.98. The third-order valence-electron chi connectivity index (χ3n) is 5.12. The van der Waals surface area contributed by atoms with Crippen LogP contribution in [0.15, 0.2) is 41.7 Å². The maximum atomic E-state index is 12.7. The van der Waals surface area contributed by atoms with Gasteiger partial charge in [-0.05, 0) is 31.2 Å². The summed E-state index contributed by atoms with van der Waals surface area (Å²) in [5.41, 5.74) is 1.70. The van der Waals surface area contributed by atoms with Crippen molar-refractivity contribution in [3.8, 4) is 17.1 Å². The highest BCUT2D eigenvalue weighted by Gasteiger charge is 2.27. The molecule has 2 N–H and O–H groups in total. The highest BCUT2D eigenvalue weighted by atomic mass is 16.5. The van der Waals surface area contributed by atoms with Gasteiger partial charge in [-0.15, -0.1) is 0 Å². The molecule has 1 saturated heterocycles. The van der Waals surface area contributed by atoms with Crippen molar-refractivity contribution in [2.45, 2.75) is 13.5 Å². The SMILES string of the molecule is CCNC(=NCc1nc(-c2ccc(OC)cc2)n[nH]1)N1CCN(c2cnn(C)c2)C(=O)C1. The topological polar surface area (TPSA) is 117 Å². The summed E-state index contributed by atoms with van der Waals surface area (Å²) >= 11 is 0. The number of hydrogen-bond donors (Lipinski definition) is 2. The van der Waals surface area contributed by atoms with E-state index in [1.807, 2.05) is 49.3 Å². The van der Waals surface area contributed by atoms with Gasteiger partial charge in [-0.3, -0.25) is 14.6 Å². The summed E-state index contributed by atoms with van der Waals surface area (Å²) in [7, 11) is 3.47. The van der Waals surface area contributed by atoms with Crippen LogP contribution in [0.1, 0.15) is 12.7 Å².